The maximum absolute atomic E-state index is 12.8. The van der Waals surface area contributed by atoms with E-state index < -0.39 is 11.9 Å². The second-order valence-electron chi connectivity index (χ2n) is 7.22. The number of esters is 1. The third-order valence-electron chi connectivity index (χ3n) is 5.23. The predicted octanol–water partition coefficient (Wildman–Crippen LogP) is 4.11. The summed E-state index contributed by atoms with van der Waals surface area (Å²) in [6.45, 7) is 3.92. The highest BCUT2D eigenvalue weighted by Gasteiger charge is 2.42. The molecule has 1 aromatic heterocycles. The van der Waals surface area contributed by atoms with Crippen molar-refractivity contribution in [2.75, 3.05) is 6.61 Å². The van der Waals surface area contributed by atoms with Gasteiger partial charge in [-0.05, 0) is 32.4 Å². The van der Waals surface area contributed by atoms with Crippen LogP contribution in [-0.4, -0.2) is 18.4 Å². The molecular formula is C23H23NO5. The number of rotatable bonds is 4. The van der Waals surface area contributed by atoms with Gasteiger partial charge >= 0.3 is 5.97 Å². The van der Waals surface area contributed by atoms with Crippen LogP contribution >= 0.6 is 0 Å². The van der Waals surface area contributed by atoms with Crippen molar-refractivity contribution in [2.45, 2.75) is 39.0 Å². The number of carbonyl (C=O) groups is 2. The summed E-state index contributed by atoms with van der Waals surface area (Å²) in [6, 6.07) is 11.5. The van der Waals surface area contributed by atoms with E-state index in [4.69, 9.17) is 19.6 Å². The summed E-state index contributed by atoms with van der Waals surface area (Å²) in [5.74, 6) is 0.216. The van der Waals surface area contributed by atoms with E-state index in [-0.39, 0.29) is 23.8 Å². The van der Waals surface area contributed by atoms with Crippen LogP contribution in [0.3, 0.4) is 0 Å². The lowest BCUT2D eigenvalue weighted by atomic mass is 9.79. The molecule has 1 atom stereocenters. The third-order valence-corrected chi connectivity index (χ3v) is 5.23. The Morgan fingerprint density at radius 3 is 2.66 bits per heavy atom. The van der Waals surface area contributed by atoms with Gasteiger partial charge in [0.15, 0.2) is 5.78 Å². The third kappa shape index (κ3) is 3.46. The van der Waals surface area contributed by atoms with Crippen LogP contribution in [0.2, 0.25) is 0 Å². The van der Waals surface area contributed by atoms with E-state index in [2.05, 4.69) is 0 Å². The second-order valence-corrected chi connectivity index (χ2v) is 7.22. The molecule has 1 unspecified atom stereocenters. The standard InChI is InChI=1S/C23H23NO5/c1-3-27-23(26)21-20(19-15(25)5-4-6-17(19)29-22(21)24)18-12-11-16(28-18)14-9-7-13(2)8-10-14/h7-12,20H,3-6,24H2,1-2H3. The molecule has 6 heteroatoms. The largest absolute Gasteiger partial charge is 0.462 e. The number of carbonyl (C=O) groups excluding carboxylic acids is 2. The zero-order valence-corrected chi connectivity index (χ0v) is 16.5. The van der Waals surface area contributed by atoms with Crippen LogP contribution in [0.15, 0.2) is 63.6 Å². The van der Waals surface area contributed by atoms with E-state index >= 15 is 0 Å². The van der Waals surface area contributed by atoms with Gasteiger partial charge < -0.3 is 19.6 Å². The molecule has 2 aromatic rings. The number of nitrogens with two attached hydrogens (primary N) is 1. The van der Waals surface area contributed by atoms with Gasteiger partial charge in [-0.15, -0.1) is 0 Å². The van der Waals surface area contributed by atoms with Crippen molar-refractivity contribution in [1.29, 1.82) is 0 Å². The quantitative estimate of drug-likeness (QED) is 0.786. The molecule has 2 aliphatic rings. The molecule has 0 bridgehead atoms. The minimum atomic E-state index is -0.732. The summed E-state index contributed by atoms with van der Waals surface area (Å²) in [7, 11) is 0. The van der Waals surface area contributed by atoms with E-state index in [1.165, 1.54) is 0 Å². The Hall–Kier alpha value is -3.28. The highest BCUT2D eigenvalue weighted by molar-refractivity contribution is 6.03. The molecule has 2 N–H and O–H groups in total. The van der Waals surface area contributed by atoms with E-state index in [0.29, 0.717) is 42.1 Å². The lowest BCUT2D eigenvalue weighted by Gasteiger charge is -2.31. The molecule has 29 heavy (non-hydrogen) atoms. The van der Waals surface area contributed by atoms with Crippen LogP contribution in [0.5, 0.6) is 0 Å². The van der Waals surface area contributed by atoms with Crippen LogP contribution in [0.4, 0.5) is 0 Å². The second kappa shape index (κ2) is 7.62. The van der Waals surface area contributed by atoms with Crippen molar-refractivity contribution in [2.24, 2.45) is 5.73 Å². The maximum Gasteiger partial charge on any atom is 0.340 e. The Kier molecular flexibility index (Phi) is 5.01. The Bertz CT molecular complexity index is 1030. The average molecular weight is 393 g/mol. The van der Waals surface area contributed by atoms with Gasteiger partial charge in [0, 0.05) is 24.0 Å². The van der Waals surface area contributed by atoms with E-state index in [0.717, 1.165) is 11.1 Å². The summed E-state index contributed by atoms with van der Waals surface area (Å²) in [5, 5.41) is 0. The fourth-order valence-electron chi connectivity index (χ4n) is 3.83. The van der Waals surface area contributed by atoms with Gasteiger partial charge in [-0.25, -0.2) is 4.79 Å². The Morgan fingerprint density at radius 1 is 1.17 bits per heavy atom. The van der Waals surface area contributed by atoms with Gasteiger partial charge in [0.05, 0.1) is 12.5 Å². The predicted molar refractivity (Wildman–Crippen MR) is 106 cm³/mol. The summed E-state index contributed by atoms with van der Waals surface area (Å²) >= 11 is 0. The van der Waals surface area contributed by atoms with Gasteiger partial charge in [-0.3, -0.25) is 4.79 Å². The van der Waals surface area contributed by atoms with Crippen LogP contribution in [-0.2, 0) is 19.1 Å². The molecule has 4 rings (SSSR count). The van der Waals surface area contributed by atoms with Crippen LogP contribution in [0.25, 0.3) is 11.3 Å². The molecule has 1 aliphatic heterocycles. The van der Waals surface area contributed by atoms with Gasteiger partial charge in [0.25, 0.3) is 0 Å². The summed E-state index contributed by atoms with van der Waals surface area (Å²) in [6.07, 6.45) is 1.69. The van der Waals surface area contributed by atoms with Crippen molar-refractivity contribution in [3.8, 4) is 11.3 Å². The minimum absolute atomic E-state index is 0.0322. The number of Topliss-reactive ketones (excluding diaryl/α,β-unsaturated/α-hetero) is 1. The fraction of sp³-hybridized carbons (Fsp3) is 0.304. The molecular weight excluding hydrogens is 370 g/mol. The van der Waals surface area contributed by atoms with E-state index in [1.54, 1.807) is 13.0 Å². The van der Waals surface area contributed by atoms with Gasteiger partial charge in [-0.1, -0.05) is 29.8 Å². The normalized spacial score (nSPS) is 19.1. The monoisotopic (exact) mass is 393 g/mol. The van der Waals surface area contributed by atoms with Crippen molar-refractivity contribution in [1.82, 2.24) is 0 Å². The first kappa shape index (κ1) is 19.1. The molecule has 1 aromatic carbocycles. The van der Waals surface area contributed by atoms with Crippen molar-refractivity contribution in [3.63, 3.8) is 0 Å². The molecule has 2 heterocycles. The average Bonchev–Trinajstić information content (AvgIpc) is 3.17. The Balaban J connectivity index is 1.81. The molecule has 0 spiro atoms. The van der Waals surface area contributed by atoms with E-state index in [1.807, 2.05) is 37.3 Å². The topological polar surface area (TPSA) is 91.8 Å². The Labute approximate surface area is 169 Å². The van der Waals surface area contributed by atoms with Gasteiger partial charge in [0.2, 0.25) is 5.88 Å². The first-order chi connectivity index (χ1) is 14.0. The molecule has 150 valence electrons. The lowest BCUT2D eigenvalue weighted by molar-refractivity contribution is -0.139. The van der Waals surface area contributed by atoms with Crippen LogP contribution < -0.4 is 5.73 Å². The van der Waals surface area contributed by atoms with Crippen molar-refractivity contribution < 1.29 is 23.5 Å². The molecule has 1 aliphatic carbocycles. The number of furan rings is 1. The smallest absolute Gasteiger partial charge is 0.340 e. The summed E-state index contributed by atoms with van der Waals surface area (Å²) in [5.41, 5.74) is 8.71. The number of ether oxygens (including phenoxy) is 2. The number of ketones is 1. The first-order valence-corrected chi connectivity index (χ1v) is 9.77. The molecule has 0 saturated heterocycles. The van der Waals surface area contributed by atoms with Crippen molar-refractivity contribution >= 4 is 11.8 Å². The lowest BCUT2D eigenvalue weighted by Crippen LogP contribution is -2.31. The molecule has 0 saturated carbocycles. The van der Waals surface area contributed by atoms with Crippen molar-refractivity contribution in [3.05, 3.63) is 70.5 Å². The number of benzene rings is 1. The van der Waals surface area contributed by atoms with E-state index in [9.17, 15) is 9.59 Å². The zero-order chi connectivity index (χ0) is 20.5. The highest BCUT2D eigenvalue weighted by atomic mass is 16.5. The summed E-state index contributed by atoms with van der Waals surface area (Å²) in [4.78, 5) is 25.4. The Morgan fingerprint density at radius 2 is 1.93 bits per heavy atom. The van der Waals surface area contributed by atoms with Crippen LogP contribution in [0, 0.1) is 6.92 Å². The molecule has 6 nitrogen and oxygen atoms in total. The number of allylic oxidation sites excluding steroid dienone is 2. The van der Waals surface area contributed by atoms with Gasteiger partial charge in [-0.2, -0.15) is 0 Å². The molecule has 0 fully saturated rings. The highest BCUT2D eigenvalue weighted by Crippen LogP contribution is 2.45. The number of hydrogen-bond acceptors (Lipinski definition) is 6. The minimum Gasteiger partial charge on any atom is -0.462 e. The number of aryl methyl sites for hydroxylation is 1. The van der Waals surface area contributed by atoms with Crippen LogP contribution in [0.1, 0.15) is 43.4 Å². The zero-order valence-electron chi connectivity index (χ0n) is 16.5. The van der Waals surface area contributed by atoms with Gasteiger partial charge in [0.1, 0.15) is 22.9 Å². The first-order valence-electron chi connectivity index (χ1n) is 9.77. The SMILES string of the molecule is CCOC(=O)C1=C(N)OC2=C(C(=O)CCC2)C1c1ccc(-c2ccc(C)cc2)o1. The molecule has 0 radical (unpaired) electrons. The fourth-order valence-corrected chi connectivity index (χ4v) is 3.83. The molecule has 0 amide bonds. The number of hydrogen-bond donors (Lipinski definition) is 1. The summed E-state index contributed by atoms with van der Waals surface area (Å²) < 4.78 is 17.0. The maximum atomic E-state index is 12.8.